The molecule has 0 radical (unpaired) electrons. The number of hydrogen-bond donors (Lipinski definition) is 0. The van der Waals surface area contributed by atoms with Crippen molar-refractivity contribution in [2.45, 2.75) is 0 Å². The van der Waals surface area contributed by atoms with E-state index in [-0.39, 0.29) is 0 Å². The van der Waals surface area contributed by atoms with Crippen LogP contribution in [0.25, 0.3) is 0 Å². The van der Waals surface area contributed by atoms with Crippen LogP contribution in [-0.4, -0.2) is 5.71 Å². The quantitative estimate of drug-likeness (QED) is 0.421. The van der Waals surface area contributed by atoms with Gasteiger partial charge in [0.05, 0.1) is 11.4 Å². The fourth-order valence-corrected chi connectivity index (χ4v) is 2.66. The van der Waals surface area contributed by atoms with Crippen LogP contribution in [0.2, 0.25) is 0 Å². The van der Waals surface area contributed by atoms with Gasteiger partial charge in [-0.25, -0.2) is 4.99 Å². The van der Waals surface area contributed by atoms with Gasteiger partial charge >= 0.3 is 0 Å². The van der Waals surface area contributed by atoms with E-state index in [1.165, 1.54) is 0 Å². The van der Waals surface area contributed by atoms with Crippen LogP contribution in [0.15, 0.2) is 89.9 Å². The monoisotopic (exact) mass is 383 g/mol. The Morgan fingerprint density at radius 2 is 1.10 bits per heavy atom. The molecule has 0 aliphatic heterocycles. The van der Waals surface area contributed by atoms with Crippen molar-refractivity contribution in [2.75, 3.05) is 0 Å². The first-order valence-electron chi connectivity index (χ1n) is 6.78. The zero-order chi connectivity index (χ0) is 14.5. The number of halogens is 1. The molecule has 3 aromatic rings. The summed E-state index contributed by atoms with van der Waals surface area (Å²) in [5, 5.41) is 0. The molecule has 102 valence electrons. The molecule has 0 aliphatic carbocycles. The second kappa shape index (κ2) is 6.68. The highest BCUT2D eigenvalue weighted by Crippen LogP contribution is 2.23. The number of para-hydroxylation sites is 1. The van der Waals surface area contributed by atoms with Crippen LogP contribution < -0.4 is 0 Å². The Kier molecular flexibility index (Phi) is 4.46. The molecular weight excluding hydrogens is 369 g/mol. The van der Waals surface area contributed by atoms with Crippen molar-refractivity contribution < 1.29 is 0 Å². The van der Waals surface area contributed by atoms with E-state index in [0.29, 0.717) is 0 Å². The fourth-order valence-electron chi connectivity index (χ4n) is 2.15. The summed E-state index contributed by atoms with van der Waals surface area (Å²) in [4.78, 5) is 4.91. The molecule has 0 heterocycles. The number of nitrogens with zero attached hydrogens (tertiary/aromatic N) is 1. The molecule has 0 aromatic heterocycles. The molecule has 0 amide bonds. The summed E-state index contributed by atoms with van der Waals surface area (Å²) in [7, 11) is 0. The lowest BCUT2D eigenvalue weighted by atomic mass is 10.0. The number of benzene rings is 3. The van der Waals surface area contributed by atoms with E-state index < -0.39 is 0 Å². The van der Waals surface area contributed by atoms with Crippen molar-refractivity contribution in [2.24, 2.45) is 4.99 Å². The van der Waals surface area contributed by atoms with Crippen LogP contribution in [0.1, 0.15) is 11.1 Å². The summed E-state index contributed by atoms with van der Waals surface area (Å²) in [6.45, 7) is 0. The molecule has 3 aromatic carbocycles. The molecular formula is C19H14IN. The third-order valence-electron chi connectivity index (χ3n) is 3.18. The Hall–Kier alpha value is -1.94. The SMILES string of the molecule is Ic1ccccc1N=C(c1ccccc1)c1ccccc1. The molecule has 0 spiro atoms. The van der Waals surface area contributed by atoms with Crippen molar-refractivity contribution in [1.29, 1.82) is 0 Å². The smallest absolute Gasteiger partial charge is 0.0781 e. The predicted octanol–water partition coefficient (Wildman–Crippen LogP) is 5.46. The summed E-state index contributed by atoms with van der Waals surface area (Å²) >= 11 is 2.33. The summed E-state index contributed by atoms with van der Waals surface area (Å²) < 4.78 is 1.15. The molecule has 0 N–H and O–H groups in total. The minimum Gasteiger partial charge on any atom is -0.247 e. The van der Waals surface area contributed by atoms with E-state index in [4.69, 9.17) is 4.99 Å². The van der Waals surface area contributed by atoms with Gasteiger partial charge in [0.25, 0.3) is 0 Å². The Morgan fingerprint density at radius 1 is 0.619 bits per heavy atom. The number of rotatable bonds is 3. The van der Waals surface area contributed by atoms with E-state index in [0.717, 1.165) is 26.1 Å². The van der Waals surface area contributed by atoms with Gasteiger partial charge in [0.2, 0.25) is 0 Å². The van der Waals surface area contributed by atoms with Crippen LogP contribution in [0.4, 0.5) is 5.69 Å². The topological polar surface area (TPSA) is 12.4 Å². The average Bonchev–Trinajstić information content (AvgIpc) is 2.56. The van der Waals surface area contributed by atoms with E-state index >= 15 is 0 Å². The van der Waals surface area contributed by atoms with E-state index in [1.54, 1.807) is 0 Å². The molecule has 2 heteroatoms. The Morgan fingerprint density at radius 3 is 1.62 bits per heavy atom. The Balaban J connectivity index is 2.16. The average molecular weight is 383 g/mol. The lowest BCUT2D eigenvalue weighted by Gasteiger charge is -2.08. The maximum absolute atomic E-state index is 4.91. The second-order valence-corrected chi connectivity index (χ2v) is 5.81. The van der Waals surface area contributed by atoms with Crippen molar-refractivity contribution in [3.05, 3.63) is 99.6 Å². The van der Waals surface area contributed by atoms with Gasteiger partial charge in [-0.3, -0.25) is 0 Å². The molecule has 0 bridgehead atoms. The molecule has 0 saturated heterocycles. The van der Waals surface area contributed by atoms with Gasteiger partial charge in [-0.2, -0.15) is 0 Å². The summed E-state index contributed by atoms with van der Waals surface area (Å²) in [5.41, 5.74) is 4.26. The lowest BCUT2D eigenvalue weighted by molar-refractivity contribution is 1.45. The lowest BCUT2D eigenvalue weighted by Crippen LogP contribution is -2.02. The Bertz CT molecular complexity index is 707. The zero-order valence-corrected chi connectivity index (χ0v) is 13.6. The third-order valence-corrected chi connectivity index (χ3v) is 4.09. The molecule has 21 heavy (non-hydrogen) atoms. The maximum Gasteiger partial charge on any atom is 0.0781 e. The second-order valence-electron chi connectivity index (χ2n) is 4.64. The third kappa shape index (κ3) is 3.39. The van der Waals surface area contributed by atoms with E-state index in [1.807, 2.05) is 54.6 Å². The molecule has 0 unspecified atom stereocenters. The zero-order valence-electron chi connectivity index (χ0n) is 11.4. The predicted molar refractivity (Wildman–Crippen MR) is 97.3 cm³/mol. The van der Waals surface area contributed by atoms with E-state index in [2.05, 4.69) is 52.9 Å². The van der Waals surface area contributed by atoms with Crippen LogP contribution in [0, 0.1) is 3.57 Å². The van der Waals surface area contributed by atoms with Crippen molar-refractivity contribution in [1.82, 2.24) is 0 Å². The van der Waals surface area contributed by atoms with Crippen molar-refractivity contribution >= 4 is 34.0 Å². The van der Waals surface area contributed by atoms with Gasteiger partial charge in [-0.1, -0.05) is 72.8 Å². The molecule has 0 fully saturated rings. The van der Waals surface area contributed by atoms with Crippen LogP contribution >= 0.6 is 22.6 Å². The van der Waals surface area contributed by atoms with E-state index in [9.17, 15) is 0 Å². The fraction of sp³-hybridized carbons (Fsp3) is 0. The first-order valence-corrected chi connectivity index (χ1v) is 7.86. The maximum atomic E-state index is 4.91. The molecule has 3 rings (SSSR count). The largest absolute Gasteiger partial charge is 0.247 e. The minimum absolute atomic E-state index is 1.00. The normalized spacial score (nSPS) is 10.1. The van der Waals surface area contributed by atoms with Gasteiger partial charge < -0.3 is 0 Å². The summed E-state index contributed by atoms with van der Waals surface area (Å²) in [6, 6.07) is 28.8. The summed E-state index contributed by atoms with van der Waals surface area (Å²) in [6.07, 6.45) is 0. The highest BCUT2D eigenvalue weighted by Gasteiger charge is 2.07. The van der Waals surface area contributed by atoms with Gasteiger partial charge in [-0.05, 0) is 34.7 Å². The summed E-state index contributed by atoms with van der Waals surface area (Å²) in [5.74, 6) is 0. The standard InChI is InChI=1S/C19H14IN/c20-17-13-7-8-14-18(17)21-19(15-9-3-1-4-10-15)16-11-5-2-6-12-16/h1-14H. The van der Waals surface area contributed by atoms with Gasteiger partial charge in [0.1, 0.15) is 0 Å². The minimum atomic E-state index is 1.00. The highest BCUT2D eigenvalue weighted by molar-refractivity contribution is 14.1. The van der Waals surface area contributed by atoms with Crippen molar-refractivity contribution in [3.63, 3.8) is 0 Å². The van der Waals surface area contributed by atoms with Gasteiger partial charge in [0, 0.05) is 14.7 Å². The first-order chi connectivity index (χ1) is 10.3. The molecule has 0 saturated carbocycles. The van der Waals surface area contributed by atoms with Gasteiger partial charge in [-0.15, -0.1) is 0 Å². The van der Waals surface area contributed by atoms with Crippen LogP contribution in [0.3, 0.4) is 0 Å². The molecule has 1 nitrogen and oxygen atoms in total. The van der Waals surface area contributed by atoms with Crippen LogP contribution in [0.5, 0.6) is 0 Å². The molecule has 0 atom stereocenters. The van der Waals surface area contributed by atoms with Gasteiger partial charge in [0.15, 0.2) is 0 Å². The van der Waals surface area contributed by atoms with Crippen molar-refractivity contribution in [3.8, 4) is 0 Å². The first kappa shape index (κ1) is 14.0. The number of hydrogen-bond acceptors (Lipinski definition) is 1. The highest BCUT2D eigenvalue weighted by atomic mass is 127. The van der Waals surface area contributed by atoms with Crippen LogP contribution in [-0.2, 0) is 0 Å². The number of aliphatic imine (C=N–C) groups is 1. The molecule has 0 aliphatic rings. The Labute approximate surface area is 138 Å².